The molecule has 2 N–H and O–H groups in total. The molecule has 6 nitrogen and oxygen atoms in total. The van der Waals surface area contributed by atoms with Crippen LogP contribution in [0.25, 0.3) is 0 Å². The van der Waals surface area contributed by atoms with Crippen LogP contribution in [0.15, 0.2) is 33.7 Å². The van der Waals surface area contributed by atoms with Gasteiger partial charge in [0.25, 0.3) is 0 Å². The van der Waals surface area contributed by atoms with E-state index < -0.39 is 0 Å². The molecule has 0 aliphatic carbocycles. The molecule has 130 valence electrons. The van der Waals surface area contributed by atoms with E-state index in [1.807, 2.05) is 32.0 Å². The van der Waals surface area contributed by atoms with Crippen LogP contribution >= 0.6 is 0 Å². The van der Waals surface area contributed by atoms with E-state index in [1.165, 1.54) is 0 Å². The molecule has 2 rings (SSSR count). The normalized spacial score (nSPS) is 11.4. The molecule has 0 amide bonds. The Morgan fingerprint density at radius 3 is 2.71 bits per heavy atom. The Bertz CT molecular complexity index is 660. The zero-order chi connectivity index (χ0) is 17.4. The zero-order valence-electron chi connectivity index (χ0n) is 14.8. The molecule has 2 aromatic rings. The summed E-state index contributed by atoms with van der Waals surface area (Å²) < 4.78 is 11.2. The summed E-state index contributed by atoms with van der Waals surface area (Å²) in [5.74, 6) is 3.09. The SMILES string of the molecule is CCCOc1cccc(CNC(=NC)NCc2nc(C)c(C)o2)c1. The molecule has 0 atom stereocenters. The fourth-order valence-corrected chi connectivity index (χ4v) is 2.15. The number of aliphatic imine (C=N–C) groups is 1. The molecule has 6 heteroatoms. The van der Waals surface area contributed by atoms with Crippen LogP contribution in [0.2, 0.25) is 0 Å². The summed E-state index contributed by atoms with van der Waals surface area (Å²) in [6.07, 6.45) is 0.999. The number of oxazole rings is 1. The van der Waals surface area contributed by atoms with Crippen LogP contribution in [0.3, 0.4) is 0 Å². The minimum absolute atomic E-state index is 0.494. The third-order valence-electron chi connectivity index (χ3n) is 3.53. The Balaban J connectivity index is 1.85. The number of benzene rings is 1. The van der Waals surface area contributed by atoms with Crippen molar-refractivity contribution in [1.29, 1.82) is 0 Å². The molecule has 0 saturated carbocycles. The number of nitrogens with zero attached hydrogens (tertiary/aromatic N) is 2. The fourth-order valence-electron chi connectivity index (χ4n) is 2.15. The molecule has 1 heterocycles. The highest BCUT2D eigenvalue weighted by Crippen LogP contribution is 2.13. The highest BCUT2D eigenvalue weighted by molar-refractivity contribution is 5.79. The predicted octanol–water partition coefficient (Wildman–Crippen LogP) is 2.95. The van der Waals surface area contributed by atoms with Crippen molar-refractivity contribution in [3.8, 4) is 5.75 Å². The summed E-state index contributed by atoms with van der Waals surface area (Å²) in [7, 11) is 1.74. The summed E-state index contributed by atoms with van der Waals surface area (Å²) in [6.45, 7) is 7.82. The van der Waals surface area contributed by atoms with Crippen LogP contribution in [-0.2, 0) is 13.1 Å². The van der Waals surface area contributed by atoms with Gasteiger partial charge in [0.05, 0.1) is 18.8 Å². The summed E-state index contributed by atoms with van der Waals surface area (Å²) >= 11 is 0. The first-order valence-corrected chi connectivity index (χ1v) is 8.21. The van der Waals surface area contributed by atoms with Crippen LogP contribution in [0.5, 0.6) is 5.75 Å². The largest absolute Gasteiger partial charge is 0.494 e. The zero-order valence-corrected chi connectivity index (χ0v) is 14.8. The first-order chi connectivity index (χ1) is 11.6. The van der Waals surface area contributed by atoms with Gasteiger partial charge in [-0.05, 0) is 38.0 Å². The Hall–Kier alpha value is -2.50. The standard InChI is InChI=1S/C18H26N4O2/c1-5-9-23-16-8-6-7-15(10-16)11-20-18(19-4)21-12-17-22-13(2)14(3)24-17/h6-8,10H,5,9,11-12H2,1-4H3,(H2,19,20,21). The summed E-state index contributed by atoms with van der Waals surface area (Å²) in [4.78, 5) is 8.56. The van der Waals surface area contributed by atoms with Gasteiger partial charge >= 0.3 is 0 Å². The molecule has 24 heavy (non-hydrogen) atoms. The number of rotatable bonds is 7. The number of aryl methyl sites for hydroxylation is 2. The van der Waals surface area contributed by atoms with E-state index >= 15 is 0 Å². The maximum Gasteiger partial charge on any atom is 0.214 e. The molecule has 0 aliphatic heterocycles. The smallest absolute Gasteiger partial charge is 0.214 e. The van der Waals surface area contributed by atoms with Gasteiger partial charge in [0.1, 0.15) is 11.5 Å². The lowest BCUT2D eigenvalue weighted by atomic mass is 10.2. The van der Waals surface area contributed by atoms with E-state index in [4.69, 9.17) is 9.15 Å². The maximum atomic E-state index is 5.65. The molecule has 0 saturated heterocycles. The summed E-state index contributed by atoms with van der Waals surface area (Å²) in [5, 5.41) is 6.47. The maximum absolute atomic E-state index is 5.65. The van der Waals surface area contributed by atoms with E-state index in [-0.39, 0.29) is 0 Å². The Morgan fingerprint density at radius 2 is 2.04 bits per heavy atom. The first-order valence-electron chi connectivity index (χ1n) is 8.21. The number of aromatic nitrogens is 1. The van der Waals surface area contributed by atoms with Crippen molar-refractivity contribution in [3.05, 3.63) is 47.2 Å². The fraction of sp³-hybridized carbons (Fsp3) is 0.444. The van der Waals surface area contributed by atoms with Crippen molar-refractivity contribution < 1.29 is 9.15 Å². The Labute approximate surface area is 143 Å². The minimum Gasteiger partial charge on any atom is -0.494 e. The van der Waals surface area contributed by atoms with Gasteiger partial charge < -0.3 is 19.8 Å². The number of ether oxygens (including phenoxy) is 1. The second kappa shape index (κ2) is 8.96. The van der Waals surface area contributed by atoms with Gasteiger partial charge in [0.15, 0.2) is 5.96 Å². The lowest BCUT2D eigenvalue weighted by Crippen LogP contribution is -2.36. The number of hydrogen-bond donors (Lipinski definition) is 2. The van der Waals surface area contributed by atoms with Crippen LogP contribution in [-0.4, -0.2) is 24.6 Å². The first kappa shape index (κ1) is 17.8. The van der Waals surface area contributed by atoms with Crippen LogP contribution in [0, 0.1) is 13.8 Å². The molecule has 0 spiro atoms. The van der Waals surface area contributed by atoms with E-state index in [2.05, 4.69) is 33.6 Å². The van der Waals surface area contributed by atoms with Crippen molar-refractivity contribution in [2.75, 3.05) is 13.7 Å². The van der Waals surface area contributed by atoms with Gasteiger partial charge in [0.2, 0.25) is 5.89 Å². The number of nitrogens with one attached hydrogen (secondary N) is 2. The van der Waals surface area contributed by atoms with E-state index in [0.717, 1.165) is 35.8 Å². The van der Waals surface area contributed by atoms with Gasteiger partial charge in [-0.1, -0.05) is 19.1 Å². The van der Waals surface area contributed by atoms with Crippen molar-refractivity contribution >= 4 is 5.96 Å². The molecule has 0 aliphatic rings. The molecule has 0 unspecified atom stereocenters. The van der Waals surface area contributed by atoms with E-state index in [9.17, 15) is 0 Å². The molecule has 0 fully saturated rings. The van der Waals surface area contributed by atoms with Crippen LogP contribution in [0.1, 0.15) is 36.3 Å². The van der Waals surface area contributed by atoms with Gasteiger partial charge in [-0.15, -0.1) is 0 Å². The Morgan fingerprint density at radius 1 is 1.25 bits per heavy atom. The monoisotopic (exact) mass is 330 g/mol. The predicted molar refractivity (Wildman–Crippen MR) is 95.2 cm³/mol. The molecular formula is C18H26N4O2. The molecule has 0 radical (unpaired) electrons. The quantitative estimate of drug-likeness (QED) is 0.603. The van der Waals surface area contributed by atoms with Crippen LogP contribution in [0.4, 0.5) is 0 Å². The van der Waals surface area contributed by atoms with Gasteiger partial charge in [-0.3, -0.25) is 4.99 Å². The second-order valence-corrected chi connectivity index (χ2v) is 5.52. The second-order valence-electron chi connectivity index (χ2n) is 5.52. The topological polar surface area (TPSA) is 71.7 Å². The number of hydrogen-bond acceptors (Lipinski definition) is 4. The Kier molecular flexibility index (Phi) is 6.66. The average Bonchev–Trinajstić information content (AvgIpc) is 2.91. The molecule has 1 aromatic heterocycles. The highest BCUT2D eigenvalue weighted by Gasteiger charge is 2.06. The van der Waals surface area contributed by atoms with Gasteiger partial charge in [0, 0.05) is 13.6 Å². The lowest BCUT2D eigenvalue weighted by molar-refractivity contribution is 0.317. The number of guanidine groups is 1. The minimum atomic E-state index is 0.494. The van der Waals surface area contributed by atoms with E-state index in [0.29, 0.717) is 24.9 Å². The molecule has 1 aromatic carbocycles. The van der Waals surface area contributed by atoms with Gasteiger partial charge in [-0.2, -0.15) is 0 Å². The van der Waals surface area contributed by atoms with Crippen LogP contribution < -0.4 is 15.4 Å². The van der Waals surface area contributed by atoms with Crippen molar-refractivity contribution in [1.82, 2.24) is 15.6 Å². The highest BCUT2D eigenvalue weighted by atomic mass is 16.5. The average molecular weight is 330 g/mol. The van der Waals surface area contributed by atoms with E-state index in [1.54, 1.807) is 7.05 Å². The third-order valence-corrected chi connectivity index (χ3v) is 3.53. The molecular weight excluding hydrogens is 304 g/mol. The lowest BCUT2D eigenvalue weighted by Gasteiger charge is -2.11. The third kappa shape index (κ3) is 5.30. The van der Waals surface area contributed by atoms with Crippen molar-refractivity contribution in [3.63, 3.8) is 0 Å². The van der Waals surface area contributed by atoms with Gasteiger partial charge in [-0.25, -0.2) is 4.98 Å². The van der Waals surface area contributed by atoms with Crippen molar-refractivity contribution in [2.45, 2.75) is 40.3 Å². The van der Waals surface area contributed by atoms with Crippen molar-refractivity contribution in [2.24, 2.45) is 4.99 Å². The summed E-state index contributed by atoms with van der Waals surface area (Å²) in [5.41, 5.74) is 2.05. The molecule has 0 bridgehead atoms. The summed E-state index contributed by atoms with van der Waals surface area (Å²) in [6, 6.07) is 8.06.